The van der Waals surface area contributed by atoms with Crippen molar-refractivity contribution in [1.29, 1.82) is 0 Å². The molecule has 1 aliphatic rings. The summed E-state index contributed by atoms with van der Waals surface area (Å²) in [6.45, 7) is 13.1. The van der Waals surface area contributed by atoms with Gasteiger partial charge in [-0.05, 0) is 56.4 Å². The van der Waals surface area contributed by atoms with E-state index < -0.39 is 11.9 Å². The van der Waals surface area contributed by atoms with Gasteiger partial charge >= 0.3 is 6.01 Å². The number of hydrogen-bond donors (Lipinski definition) is 2. The molecule has 45 heavy (non-hydrogen) atoms. The van der Waals surface area contributed by atoms with Crippen LogP contribution in [-0.2, 0) is 4.79 Å². The lowest BCUT2D eigenvalue weighted by molar-refractivity contribution is -0.125. The topological polar surface area (TPSA) is 134 Å². The van der Waals surface area contributed by atoms with Crippen LogP contribution in [0, 0.1) is 0 Å². The average Bonchev–Trinajstić information content (AvgIpc) is 3.79. The second kappa shape index (κ2) is 14.3. The molecule has 0 spiro atoms. The Kier molecular flexibility index (Phi) is 10.0. The van der Waals surface area contributed by atoms with E-state index in [-0.39, 0.29) is 18.0 Å². The summed E-state index contributed by atoms with van der Waals surface area (Å²) in [6, 6.07) is 15.1. The standard InChI is InChI=1S/C34H40N8O3/c1-5-40(6-2)17-10-13-30(43)41-18-16-26(20-41)42-21-27(31(23(3)35)32(42)37-22-36-4)33(44)39-34-38-28-19-25(14-15-29(28)45-34)24-11-8-7-9-12-24/h7-15,19,21-23,26H,4-6,16-18,20,35H2,1-3H3,(H,38,39,44)/b13-10+,37-22-/t23?,26-/m1/s1. The van der Waals surface area contributed by atoms with Crippen molar-refractivity contribution in [3.05, 3.63) is 78.0 Å². The SMILES string of the molecule is C=N/C=N\c1c(C(C)N)c(C(=O)Nc2nc3cc(-c4ccccc4)ccc3o2)cn1[C@@H]1CCN(C(=O)/C=C/CN(CC)CC)C1. The lowest BCUT2D eigenvalue weighted by Crippen LogP contribution is -2.28. The molecule has 1 unspecified atom stereocenters. The molecule has 2 aromatic heterocycles. The molecule has 0 radical (unpaired) electrons. The van der Waals surface area contributed by atoms with Crippen molar-refractivity contribution in [3.8, 4) is 11.1 Å². The number of carbonyl (C=O) groups is 2. The van der Waals surface area contributed by atoms with Crippen LogP contribution in [0.5, 0.6) is 0 Å². The second-order valence-electron chi connectivity index (χ2n) is 11.0. The number of rotatable bonds is 12. The molecule has 2 amide bonds. The number of nitrogens with one attached hydrogen (secondary N) is 1. The Bertz CT molecular complexity index is 1720. The van der Waals surface area contributed by atoms with Crippen molar-refractivity contribution in [2.45, 2.75) is 39.3 Å². The van der Waals surface area contributed by atoms with E-state index in [2.05, 4.69) is 45.8 Å². The molecule has 4 aromatic rings. The Labute approximate surface area is 263 Å². The first-order valence-electron chi connectivity index (χ1n) is 15.3. The van der Waals surface area contributed by atoms with Gasteiger partial charge < -0.3 is 24.5 Å². The summed E-state index contributed by atoms with van der Waals surface area (Å²) < 4.78 is 7.78. The molecule has 3 heterocycles. The van der Waals surface area contributed by atoms with Crippen molar-refractivity contribution >= 4 is 47.8 Å². The summed E-state index contributed by atoms with van der Waals surface area (Å²) in [6.07, 6.45) is 7.33. The number of anilines is 1. The number of benzene rings is 2. The van der Waals surface area contributed by atoms with Crippen LogP contribution in [-0.4, -0.2) is 76.9 Å². The van der Waals surface area contributed by atoms with Gasteiger partial charge in [0.1, 0.15) is 17.7 Å². The number of nitrogens with two attached hydrogens (primary N) is 1. The van der Waals surface area contributed by atoms with E-state index in [0.29, 0.717) is 47.6 Å². The zero-order valence-electron chi connectivity index (χ0n) is 26.0. The minimum atomic E-state index is -0.525. The molecule has 0 aliphatic carbocycles. The number of amides is 2. The number of likely N-dealkylation sites (tertiary alicyclic amines) is 1. The minimum absolute atomic E-state index is 0.0358. The summed E-state index contributed by atoms with van der Waals surface area (Å²) in [5.74, 6) is 0.0412. The second-order valence-corrected chi connectivity index (χ2v) is 11.0. The highest BCUT2D eigenvalue weighted by molar-refractivity contribution is 6.06. The lowest BCUT2D eigenvalue weighted by Gasteiger charge is -2.18. The maximum atomic E-state index is 13.7. The molecule has 11 heteroatoms. The van der Waals surface area contributed by atoms with Crippen LogP contribution in [0.15, 0.2) is 81.3 Å². The Hall–Kier alpha value is -4.87. The molecule has 0 saturated carbocycles. The monoisotopic (exact) mass is 608 g/mol. The predicted molar refractivity (Wildman–Crippen MR) is 179 cm³/mol. The molecular formula is C34H40N8O3. The van der Waals surface area contributed by atoms with Crippen LogP contribution in [0.25, 0.3) is 22.2 Å². The van der Waals surface area contributed by atoms with Gasteiger partial charge in [-0.3, -0.25) is 19.9 Å². The van der Waals surface area contributed by atoms with E-state index in [9.17, 15) is 9.59 Å². The smallest absolute Gasteiger partial charge is 0.302 e. The van der Waals surface area contributed by atoms with E-state index in [0.717, 1.165) is 30.8 Å². The lowest BCUT2D eigenvalue weighted by atomic mass is 10.1. The third-order valence-electron chi connectivity index (χ3n) is 8.11. The largest absolute Gasteiger partial charge is 0.423 e. The average molecular weight is 609 g/mol. The Morgan fingerprint density at radius 3 is 2.69 bits per heavy atom. The van der Waals surface area contributed by atoms with Gasteiger partial charge in [-0.15, -0.1) is 0 Å². The van der Waals surface area contributed by atoms with E-state index in [1.54, 1.807) is 19.2 Å². The molecule has 3 N–H and O–H groups in total. The van der Waals surface area contributed by atoms with Crippen LogP contribution in [0.3, 0.4) is 0 Å². The fourth-order valence-electron chi connectivity index (χ4n) is 5.68. The number of fused-ring (bicyclic) bond motifs is 1. The zero-order valence-corrected chi connectivity index (χ0v) is 26.0. The normalized spacial score (nSPS) is 15.9. The number of hydrogen-bond acceptors (Lipinski definition) is 7. The van der Waals surface area contributed by atoms with E-state index in [1.165, 1.54) is 6.34 Å². The van der Waals surface area contributed by atoms with Crippen molar-refractivity contribution in [3.63, 3.8) is 0 Å². The van der Waals surface area contributed by atoms with Gasteiger partial charge in [0.05, 0.1) is 11.6 Å². The molecule has 2 aromatic carbocycles. The first kappa shape index (κ1) is 31.6. The number of carbonyl (C=O) groups excluding carboxylic acids is 2. The van der Waals surface area contributed by atoms with E-state index in [1.807, 2.05) is 64.1 Å². The molecule has 2 atom stereocenters. The van der Waals surface area contributed by atoms with E-state index >= 15 is 0 Å². The van der Waals surface area contributed by atoms with Gasteiger partial charge in [0, 0.05) is 43.5 Å². The molecule has 1 saturated heterocycles. The quantitative estimate of drug-likeness (QED) is 0.122. The zero-order chi connectivity index (χ0) is 31.9. The summed E-state index contributed by atoms with van der Waals surface area (Å²) in [4.78, 5) is 43.5. The number of nitrogens with zero attached hydrogens (tertiary/aromatic N) is 6. The van der Waals surface area contributed by atoms with Gasteiger partial charge in [0.15, 0.2) is 5.58 Å². The first-order valence-corrected chi connectivity index (χ1v) is 15.3. The van der Waals surface area contributed by atoms with Crippen molar-refractivity contribution in [1.82, 2.24) is 19.4 Å². The minimum Gasteiger partial charge on any atom is -0.423 e. The molecular weight excluding hydrogens is 568 g/mol. The van der Waals surface area contributed by atoms with Crippen molar-refractivity contribution < 1.29 is 14.0 Å². The highest BCUT2D eigenvalue weighted by Gasteiger charge is 2.32. The number of aromatic nitrogens is 2. The maximum absolute atomic E-state index is 13.7. The number of oxazole rings is 1. The Balaban J connectivity index is 1.39. The highest BCUT2D eigenvalue weighted by Crippen LogP contribution is 2.36. The predicted octanol–water partition coefficient (Wildman–Crippen LogP) is 5.60. The van der Waals surface area contributed by atoms with Gasteiger partial charge in [-0.1, -0.05) is 56.3 Å². The summed E-state index contributed by atoms with van der Waals surface area (Å²) in [7, 11) is 0. The summed E-state index contributed by atoms with van der Waals surface area (Å²) in [5.41, 5.74) is 10.5. The van der Waals surface area contributed by atoms with Gasteiger partial charge in [-0.25, -0.2) is 4.99 Å². The van der Waals surface area contributed by atoms with Gasteiger partial charge in [0.25, 0.3) is 5.91 Å². The molecule has 5 rings (SSSR count). The third-order valence-corrected chi connectivity index (χ3v) is 8.11. The van der Waals surface area contributed by atoms with Gasteiger partial charge in [0.2, 0.25) is 5.91 Å². The molecule has 1 aliphatic heterocycles. The van der Waals surface area contributed by atoms with Crippen LogP contribution < -0.4 is 11.1 Å². The fraction of sp³-hybridized carbons (Fsp3) is 0.324. The van der Waals surface area contributed by atoms with E-state index in [4.69, 9.17) is 10.2 Å². The molecule has 11 nitrogen and oxygen atoms in total. The molecule has 234 valence electrons. The summed E-state index contributed by atoms with van der Waals surface area (Å²) >= 11 is 0. The maximum Gasteiger partial charge on any atom is 0.302 e. The van der Waals surface area contributed by atoms with Crippen molar-refractivity contribution in [2.75, 3.05) is 38.0 Å². The van der Waals surface area contributed by atoms with Crippen molar-refractivity contribution in [2.24, 2.45) is 15.7 Å². The Morgan fingerprint density at radius 1 is 1.20 bits per heavy atom. The first-order chi connectivity index (χ1) is 21.8. The summed E-state index contributed by atoms with van der Waals surface area (Å²) in [5, 5.41) is 2.81. The fourth-order valence-corrected chi connectivity index (χ4v) is 5.68. The van der Waals surface area contributed by atoms with Crippen LogP contribution in [0.4, 0.5) is 11.8 Å². The molecule has 0 bridgehead atoms. The number of likely N-dealkylation sites (N-methyl/N-ethyl adjacent to an activating group) is 1. The van der Waals surface area contributed by atoms with Gasteiger partial charge in [-0.2, -0.15) is 4.98 Å². The van der Waals surface area contributed by atoms with Crippen LogP contribution in [0.1, 0.15) is 55.2 Å². The number of aliphatic imine (C=N–C) groups is 2. The van der Waals surface area contributed by atoms with Crippen LogP contribution in [0.2, 0.25) is 0 Å². The molecule has 1 fully saturated rings. The van der Waals surface area contributed by atoms with Crippen LogP contribution >= 0.6 is 0 Å². The third kappa shape index (κ3) is 7.11. The highest BCUT2D eigenvalue weighted by atomic mass is 16.4. The Morgan fingerprint density at radius 2 is 1.98 bits per heavy atom.